The van der Waals surface area contributed by atoms with Gasteiger partial charge in [-0.15, -0.1) is 0 Å². The first-order valence-electron chi connectivity index (χ1n) is 9.42. The van der Waals surface area contributed by atoms with Gasteiger partial charge in [0.25, 0.3) is 5.91 Å². The van der Waals surface area contributed by atoms with Crippen LogP contribution in [0.3, 0.4) is 0 Å². The smallest absolute Gasteiger partial charge is 0.255 e. The van der Waals surface area contributed by atoms with Crippen molar-refractivity contribution in [2.45, 2.75) is 19.3 Å². The minimum absolute atomic E-state index is 0.138. The number of fused-ring (bicyclic) bond motifs is 1. The average molecular weight is 393 g/mol. The quantitative estimate of drug-likeness (QED) is 0.697. The van der Waals surface area contributed by atoms with Crippen LogP contribution in [0.5, 0.6) is 11.5 Å². The molecular formula is C22H23N3O4. The van der Waals surface area contributed by atoms with Crippen LogP contribution >= 0.6 is 0 Å². The second-order valence-electron chi connectivity index (χ2n) is 6.74. The molecule has 7 nitrogen and oxygen atoms in total. The number of hydrogen-bond donors (Lipinski definition) is 1. The number of methoxy groups -OCH3 is 2. The Hall–Kier alpha value is -3.32. The molecule has 0 spiro atoms. The Kier molecular flexibility index (Phi) is 5.48. The zero-order chi connectivity index (χ0) is 20.2. The maximum Gasteiger partial charge on any atom is 0.255 e. The molecule has 4 rings (SSSR count). The number of para-hydroxylation sites is 2. The number of ether oxygens (including phenoxy) is 3. The van der Waals surface area contributed by atoms with E-state index in [4.69, 9.17) is 14.2 Å². The molecular weight excluding hydrogens is 370 g/mol. The number of carbonyl (C=O) groups excluding carboxylic acids is 1. The molecule has 1 amide bonds. The molecule has 1 atom stereocenters. The summed E-state index contributed by atoms with van der Waals surface area (Å²) in [6.45, 7) is 1.41. The first-order valence-corrected chi connectivity index (χ1v) is 9.42. The minimum atomic E-state index is -0.183. The number of rotatable bonds is 6. The lowest BCUT2D eigenvalue weighted by atomic mass is 10.1. The molecule has 7 heteroatoms. The largest absolute Gasteiger partial charge is 0.496 e. The molecule has 0 bridgehead atoms. The molecule has 1 unspecified atom stereocenters. The van der Waals surface area contributed by atoms with Crippen LogP contribution in [-0.4, -0.2) is 42.3 Å². The molecule has 0 aliphatic carbocycles. The Labute approximate surface area is 169 Å². The normalized spacial score (nSPS) is 15.4. The molecule has 2 aromatic carbocycles. The number of nitrogens with one attached hydrogen (secondary N) is 1. The molecule has 1 N–H and O–H groups in total. The number of nitrogens with zero attached hydrogens (tertiary/aromatic N) is 2. The van der Waals surface area contributed by atoms with Gasteiger partial charge < -0.3 is 24.1 Å². The van der Waals surface area contributed by atoms with Crippen molar-refractivity contribution in [1.29, 1.82) is 0 Å². The average Bonchev–Trinajstić information content (AvgIpc) is 3.20. The van der Waals surface area contributed by atoms with Gasteiger partial charge in [-0.1, -0.05) is 24.3 Å². The van der Waals surface area contributed by atoms with E-state index in [9.17, 15) is 4.79 Å². The summed E-state index contributed by atoms with van der Waals surface area (Å²) in [7, 11) is 3.20. The lowest BCUT2D eigenvalue weighted by Crippen LogP contribution is -2.38. The molecule has 0 saturated heterocycles. The van der Waals surface area contributed by atoms with Gasteiger partial charge in [0.2, 0.25) is 0 Å². The van der Waals surface area contributed by atoms with E-state index in [-0.39, 0.29) is 12.0 Å². The van der Waals surface area contributed by atoms with Crippen LogP contribution in [-0.2, 0) is 17.9 Å². The predicted octanol–water partition coefficient (Wildman–Crippen LogP) is 2.90. The van der Waals surface area contributed by atoms with Crippen molar-refractivity contribution in [3.63, 3.8) is 0 Å². The van der Waals surface area contributed by atoms with Gasteiger partial charge in [0.1, 0.15) is 23.9 Å². The van der Waals surface area contributed by atoms with E-state index in [1.54, 1.807) is 26.4 Å². The summed E-state index contributed by atoms with van der Waals surface area (Å²) in [4.78, 5) is 17.2. The molecule has 0 fully saturated rings. The van der Waals surface area contributed by atoms with Crippen molar-refractivity contribution in [2.24, 2.45) is 0 Å². The van der Waals surface area contributed by atoms with Crippen molar-refractivity contribution < 1.29 is 19.0 Å². The van der Waals surface area contributed by atoms with Crippen LogP contribution in [0, 0.1) is 0 Å². The molecule has 150 valence electrons. The van der Waals surface area contributed by atoms with Crippen molar-refractivity contribution >= 4 is 5.91 Å². The van der Waals surface area contributed by atoms with Crippen LogP contribution in [0.25, 0.3) is 11.3 Å². The minimum Gasteiger partial charge on any atom is -0.496 e. The lowest BCUT2D eigenvalue weighted by Gasteiger charge is -2.24. The second-order valence-corrected chi connectivity index (χ2v) is 6.74. The van der Waals surface area contributed by atoms with Gasteiger partial charge in [-0.25, -0.2) is 4.98 Å². The van der Waals surface area contributed by atoms with Gasteiger partial charge in [0.15, 0.2) is 0 Å². The highest BCUT2D eigenvalue weighted by Gasteiger charge is 2.23. The topological polar surface area (TPSA) is 74.6 Å². The Morgan fingerprint density at radius 3 is 2.66 bits per heavy atom. The van der Waals surface area contributed by atoms with E-state index in [0.717, 1.165) is 22.8 Å². The first kappa shape index (κ1) is 19.0. The maximum atomic E-state index is 12.5. The fourth-order valence-electron chi connectivity index (χ4n) is 3.44. The van der Waals surface area contributed by atoms with E-state index in [2.05, 4.69) is 14.9 Å². The zero-order valence-electron chi connectivity index (χ0n) is 16.4. The number of hydrogen-bond acceptors (Lipinski definition) is 5. The number of imidazole rings is 1. The van der Waals surface area contributed by atoms with Crippen molar-refractivity contribution in [2.75, 3.05) is 20.8 Å². The van der Waals surface area contributed by atoms with Crippen LogP contribution in [0.15, 0.2) is 54.7 Å². The molecule has 29 heavy (non-hydrogen) atoms. The lowest BCUT2D eigenvalue weighted by molar-refractivity contribution is 0.00326. The molecule has 2 heterocycles. The fourth-order valence-corrected chi connectivity index (χ4v) is 3.44. The molecule has 1 aliphatic heterocycles. The predicted molar refractivity (Wildman–Crippen MR) is 108 cm³/mol. The Bertz CT molecular complexity index is 1010. The number of aromatic nitrogens is 2. The summed E-state index contributed by atoms with van der Waals surface area (Å²) in [5.74, 6) is 2.01. The Balaban J connectivity index is 1.43. The van der Waals surface area contributed by atoms with Crippen LogP contribution in [0.1, 0.15) is 16.2 Å². The van der Waals surface area contributed by atoms with Crippen molar-refractivity contribution in [3.8, 4) is 22.8 Å². The molecule has 1 aliphatic rings. The third-order valence-corrected chi connectivity index (χ3v) is 4.93. The second kappa shape index (κ2) is 8.36. The van der Waals surface area contributed by atoms with Gasteiger partial charge >= 0.3 is 0 Å². The summed E-state index contributed by atoms with van der Waals surface area (Å²) in [5.41, 5.74) is 2.30. The summed E-state index contributed by atoms with van der Waals surface area (Å²) >= 11 is 0. The number of carbonyl (C=O) groups is 1. The maximum absolute atomic E-state index is 12.5. The number of amides is 1. The van der Waals surface area contributed by atoms with Gasteiger partial charge in [-0.05, 0) is 24.3 Å². The van der Waals surface area contributed by atoms with Gasteiger partial charge in [-0.2, -0.15) is 0 Å². The van der Waals surface area contributed by atoms with E-state index >= 15 is 0 Å². The van der Waals surface area contributed by atoms with Gasteiger partial charge in [0.05, 0.1) is 38.1 Å². The zero-order valence-corrected chi connectivity index (χ0v) is 16.4. The van der Waals surface area contributed by atoms with E-state index in [1.807, 2.05) is 42.6 Å². The van der Waals surface area contributed by atoms with Crippen LogP contribution in [0.2, 0.25) is 0 Å². The third kappa shape index (κ3) is 3.95. The SMILES string of the molecule is COc1ccccc1C(=O)NCC1Cn2cc(-c3ccccc3OC)nc2CO1. The molecule has 3 aromatic rings. The third-order valence-electron chi connectivity index (χ3n) is 4.93. The highest BCUT2D eigenvalue weighted by Crippen LogP contribution is 2.30. The first-order chi connectivity index (χ1) is 14.2. The summed E-state index contributed by atoms with van der Waals surface area (Å²) < 4.78 is 18.7. The van der Waals surface area contributed by atoms with Crippen LogP contribution < -0.4 is 14.8 Å². The highest BCUT2D eigenvalue weighted by molar-refractivity contribution is 5.96. The molecule has 0 saturated carbocycles. The van der Waals surface area contributed by atoms with Gasteiger partial charge in [-0.3, -0.25) is 4.79 Å². The number of benzene rings is 2. The van der Waals surface area contributed by atoms with Crippen molar-refractivity contribution in [1.82, 2.24) is 14.9 Å². The molecule has 1 aromatic heterocycles. The van der Waals surface area contributed by atoms with E-state index in [0.29, 0.717) is 31.0 Å². The molecule has 0 radical (unpaired) electrons. The Morgan fingerprint density at radius 1 is 1.14 bits per heavy atom. The van der Waals surface area contributed by atoms with E-state index < -0.39 is 0 Å². The van der Waals surface area contributed by atoms with Crippen molar-refractivity contribution in [3.05, 3.63) is 66.1 Å². The standard InChI is InChI=1S/C22H23N3O4/c1-27-19-9-5-3-7-16(19)18-13-25-12-15(29-14-21(25)24-18)11-23-22(26)17-8-4-6-10-20(17)28-2/h3-10,13,15H,11-12,14H2,1-2H3,(H,23,26). The monoisotopic (exact) mass is 393 g/mol. The Morgan fingerprint density at radius 2 is 1.86 bits per heavy atom. The fraction of sp³-hybridized carbons (Fsp3) is 0.273. The van der Waals surface area contributed by atoms with Gasteiger partial charge in [0, 0.05) is 18.3 Å². The van der Waals surface area contributed by atoms with E-state index in [1.165, 1.54) is 0 Å². The summed E-state index contributed by atoms with van der Waals surface area (Å²) in [5, 5.41) is 2.93. The summed E-state index contributed by atoms with van der Waals surface area (Å²) in [6.07, 6.45) is 1.87. The van der Waals surface area contributed by atoms with Crippen LogP contribution in [0.4, 0.5) is 0 Å². The summed E-state index contributed by atoms with van der Waals surface area (Å²) in [6, 6.07) is 14.9. The highest BCUT2D eigenvalue weighted by atomic mass is 16.5.